The Morgan fingerprint density at radius 1 is 1.18 bits per heavy atom. The summed E-state index contributed by atoms with van der Waals surface area (Å²) in [6.07, 6.45) is -5.12. The number of ether oxygens (including phenoxy) is 1. The Hall–Kier alpha value is -2.25. The van der Waals surface area contributed by atoms with Crippen LogP contribution in [-0.4, -0.2) is 59.0 Å². The highest BCUT2D eigenvalue weighted by Crippen LogP contribution is 2.53. The Bertz CT molecular complexity index is 1250. The Balaban J connectivity index is 1.52. The van der Waals surface area contributed by atoms with E-state index in [4.69, 9.17) is 4.74 Å². The monoisotopic (exact) mass is 606 g/mol. The van der Waals surface area contributed by atoms with Gasteiger partial charge >= 0.3 is 12.1 Å². The average Bonchev–Trinajstić information content (AvgIpc) is 3.65. The van der Waals surface area contributed by atoms with Gasteiger partial charge in [-0.25, -0.2) is 17.5 Å². The number of rotatable bonds is 9. The van der Waals surface area contributed by atoms with Crippen molar-refractivity contribution in [1.29, 1.82) is 0 Å². The molecule has 0 radical (unpaired) electrons. The molecule has 0 bridgehead atoms. The lowest BCUT2D eigenvalue weighted by atomic mass is 9.94. The maximum absolute atomic E-state index is 13.8. The first-order valence-corrected chi connectivity index (χ1v) is 14.5. The first kappa shape index (κ1) is 29.2. The molecule has 40 heavy (non-hydrogen) atoms. The molecule has 5 nitrogen and oxygen atoms in total. The molecule has 2 aromatic carbocycles. The van der Waals surface area contributed by atoms with Gasteiger partial charge in [0.1, 0.15) is 23.6 Å². The lowest BCUT2D eigenvalue weighted by Gasteiger charge is -2.35. The van der Waals surface area contributed by atoms with Crippen molar-refractivity contribution in [2.45, 2.75) is 71.7 Å². The van der Waals surface area contributed by atoms with E-state index in [1.54, 1.807) is 35.6 Å². The van der Waals surface area contributed by atoms with Gasteiger partial charge in [0.25, 0.3) is 0 Å². The van der Waals surface area contributed by atoms with E-state index in [-0.39, 0.29) is 37.7 Å². The predicted octanol–water partition coefficient (Wildman–Crippen LogP) is 7.76. The van der Waals surface area contributed by atoms with Gasteiger partial charge in [-0.3, -0.25) is 4.79 Å². The minimum Gasteiger partial charge on any atom is -0.491 e. The van der Waals surface area contributed by atoms with Crippen LogP contribution in [0.3, 0.4) is 0 Å². The van der Waals surface area contributed by atoms with E-state index < -0.39 is 41.8 Å². The van der Waals surface area contributed by atoms with E-state index in [0.717, 1.165) is 0 Å². The molecule has 13 heteroatoms. The van der Waals surface area contributed by atoms with Gasteiger partial charge in [0, 0.05) is 42.8 Å². The van der Waals surface area contributed by atoms with E-state index >= 15 is 0 Å². The summed E-state index contributed by atoms with van der Waals surface area (Å²) < 4.78 is 88.2. The molecule has 2 saturated carbocycles. The normalized spacial score (nSPS) is 22.3. The van der Waals surface area contributed by atoms with Crippen LogP contribution in [0.25, 0.3) is 0 Å². The smallest absolute Gasteiger partial charge is 0.389 e. The Labute approximate surface area is 236 Å². The average molecular weight is 607 g/mol. The number of benzene rings is 2. The summed E-state index contributed by atoms with van der Waals surface area (Å²) in [5.74, 6) is -3.81. The van der Waals surface area contributed by atoms with Crippen molar-refractivity contribution in [1.82, 2.24) is 4.31 Å². The second kappa shape index (κ2) is 10.9. The maximum Gasteiger partial charge on any atom is 0.389 e. The standard InChI is InChI=1S/C27H28F6N2O3S2/c1-34-18(6-7-27(31,32)33)14-35(17-4-2-16(28)3-5-17)20-10-23(39-19-12-26(29,30)13-19)21(11-22(20)40-34)38-15-25(8-9-25)24(36)37/h2-5,10-11,18-19H,6-9,12-15H2,1H3,(H,36,37). The molecule has 0 spiro atoms. The highest BCUT2D eigenvalue weighted by molar-refractivity contribution is 8.00. The molecule has 218 valence electrons. The van der Waals surface area contributed by atoms with Gasteiger partial charge < -0.3 is 14.7 Å². The Kier molecular flexibility index (Phi) is 7.94. The van der Waals surface area contributed by atoms with Crippen molar-refractivity contribution < 1.29 is 41.0 Å². The van der Waals surface area contributed by atoms with Gasteiger partial charge in [-0.15, -0.1) is 11.8 Å². The summed E-state index contributed by atoms with van der Waals surface area (Å²) in [5.41, 5.74) is 0.210. The highest BCUT2D eigenvalue weighted by Gasteiger charge is 2.51. The number of carboxylic acids is 1. The molecule has 0 amide bonds. The number of hydrogen-bond donors (Lipinski definition) is 1. The number of aliphatic carboxylic acids is 1. The number of nitrogens with zero attached hydrogens (tertiary/aromatic N) is 2. The van der Waals surface area contributed by atoms with Crippen LogP contribution >= 0.6 is 23.7 Å². The number of thioether (sulfide) groups is 1. The molecule has 0 aromatic heterocycles. The number of anilines is 2. The van der Waals surface area contributed by atoms with Crippen molar-refractivity contribution in [2.75, 3.05) is 25.1 Å². The van der Waals surface area contributed by atoms with E-state index in [1.807, 2.05) is 4.90 Å². The van der Waals surface area contributed by atoms with Crippen molar-refractivity contribution in [3.05, 3.63) is 42.2 Å². The molecule has 1 aliphatic heterocycles. The lowest BCUT2D eigenvalue weighted by Crippen LogP contribution is -2.37. The minimum absolute atomic E-state index is 0.0775. The topological polar surface area (TPSA) is 53.0 Å². The van der Waals surface area contributed by atoms with Crippen LogP contribution in [0.15, 0.2) is 46.2 Å². The van der Waals surface area contributed by atoms with Gasteiger partial charge in [-0.1, -0.05) is 0 Å². The number of likely N-dealkylation sites (N-methyl/N-ethyl adjacent to an activating group) is 1. The third-order valence-corrected chi connectivity index (χ3v) is 9.87. The molecular formula is C27H28F6N2O3S2. The fourth-order valence-electron chi connectivity index (χ4n) is 4.80. The van der Waals surface area contributed by atoms with Crippen LogP contribution < -0.4 is 9.64 Å². The molecule has 2 fully saturated rings. The molecule has 2 aliphatic carbocycles. The van der Waals surface area contributed by atoms with Gasteiger partial charge in [0.15, 0.2) is 0 Å². The van der Waals surface area contributed by atoms with Crippen LogP contribution in [0.5, 0.6) is 5.75 Å². The van der Waals surface area contributed by atoms with Crippen molar-refractivity contribution in [3.8, 4) is 5.75 Å². The van der Waals surface area contributed by atoms with Crippen LogP contribution in [0, 0.1) is 11.2 Å². The van der Waals surface area contributed by atoms with Gasteiger partial charge in [0.2, 0.25) is 5.92 Å². The molecule has 1 atom stereocenters. The first-order valence-electron chi connectivity index (χ1n) is 12.8. The summed E-state index contributed by atoms with van der Waals surface area (Å²) in [5, 5.41) is 9.22. The molecule has 1 N–H and O–H groups in total. The number of halogens is 6. The van der Waals surface area contributed by atoms with Crippen molar-refractivity contribution in [2.24, 2.45) is 5.41 Å². The second-order valence-electron chi connectivity index (χ2n) is 10.7. The molecule has 1 unspecified atom stereocenters. The Morgan fingerprint density at radius 3 is 2.42 bits per heavy atom. The Morgan fingerprint density at radius 2 is 1.85 bits per heavy atom. The molecule has 3 aliphatic rings. The summed E-state index contributed by atoms with van der Waals surface area (Å²) >= 11 is 2.46. The third kappa shape index (κ3) is 6.62. The van der Waals surface area contributed by atoms with Gasteiger partial charge in [-0.2, -0.15) is 13.2 Å². The fourth-order valence-corrected chi connectivity index (χ4v) is 7.28. The number of alkyl halides is 5. The van der Waals surface area contributed by atoms with E-state index in [0.29, 0.717) is 39.8 Å². The summed E-state index contributed by atoms with van der Waals surface area (Å²) in [6.45, 7) is 0.0953. The number of carbonyl (C=O) groups is 1. The second-order valence-corrected chi connectivity index (χ2v) is 13.2. The van der Waals surface area contributed by atoms with Crippen LogP contribution in [0.2, 0.25) is 0 Å². The van der Waals surface area contributed by atoms with E-state index in [1.165, 1.54) is 35.8 Å². The predicted molar refractivity (Wildman–Crippen MR) is 141 cm³/mol. The molecular weight excluding hydrogens is 578 g/mol. The lowest BCUT2D eigenvalue weighted by molar-refractivity contribution is -0.144. The van der Waals surface area contributed by atoms with Crippen molar-refractivity contribution in [3.63, 3.8) is 0 Å². The van der Waals surface area contributed by atoms with Crippen LogP contribution in [0.1, 0.15) is 38.5 Å². The first-order chi connectivity index (χ1) is 18.7. The number of fused-ring (bicyclic) bond motifs is 1. The third-order valence-electron chi connectivity index (χ3n) is 7.52. The van der Waals surface area contributed by atoms with Gasteiger partial charge in [-0.05, 0) is 74.7 Å². The maximum atomic E-state index is 13.8. The molecule has 1 heterocycles. The number of hydrogen-bond acceptors (Lipinski definition) is 6. The molecule has 5 rings (SSSR count). The number of carboxylic acid groups (broad SMARTS) is 1. The van der Waals surface area contributed by atoms with Crippen molar-refractivity contribution >= 4 is 41.1 Å². The van der Waals surface area contributed by atoms with Crippen LogP contribution in [0.4, 0.5) is 37.7 Å². The van der Waals surface area contributed by atoms with E-state index in [9.17, 15) is 36.2 Å². The highest BCUT2D eigenvalue weighted by atomic mass is 32.2. The van der Waals surface area contributed by atoms with Gasteiger partial charge in [0.05, 0.1) is 15.5 Å². The SMILES string of the molecule is CN1Sc2cc(OCC3(C(=O)O)CC3)c(SC3CC(F)(F)C3)cc2N(c2ccc(F)cc2)CC1CCC(F)(F)F. The molecule has 0 saturated heterocycles. The quantitative estimate of drug-likeness (QED) is 0.231. The van der Waals surface area contributed by atoms with Crippen LogP contribution in [-0.2, 0) is 4.79 Å². The largest absolute Gasteiger partial charge is 0.491 e. The zero-order valence-electron chi connectivity index (χ0n) is 21.5. The zero-order chi connectivity index (χ0) is 28.9. The fraction of sp³-hybridized carbons (Fsp3) is 0.519. The molecule has 2 aromatic rings. The zero-order valence-corrected chi connectivity index (χ0v) is 23.2. The summed E-state index contributed by atoms with van der Waals surface area (Å²) in [7, 11) is 1.70. The summed E-state index contributed by atoms with van der Waals surface area (Å²) in [6, 6.07) is 8.57. The van der Waals surface area contributed by atoms with E-state index in [2.05, 4.69) is 0 Å². The summed E-state index contributed by atoms with van der Waals surface area (Å²) in [4.78, 5) is 14.7. The minimum atomic E-state index is -4.33.